The fraction of sp³-hybridized carbons (Fsp3) is 0.611. The molecule has 1 amide bonds. The first kappa shape index (κ1) is 14.6. The molecule has 1 saturated heterocycles. The lowest BCUT2D eigenvalue weighted by Gasteiger charge is -2.39. The van der Waals surface area contributed by atoms with Crippen LogP contribution in [0.25, 0.3) is 0 Å². The first-order valence-corrected chi connectivity index (χ1v) is 8.35. The average Bonchev–Trinajstić information content (AvgIpc) is 2.83. The van der Waals surface area contributed by atoms with Gasteiger partial charge in [-0.05, 0) is 31.2 Å². The minimum atomic E-state index is -0.166. The second-order valence-corrected chi connectivity index (χ2v) is 6.45. The van der Waals surface area contributed by atoms with E-state index in [0.29, 0.717) is 12.0 Å². The number of benzene rings is 1. The van der Waals surface area contributed by atoms with Crippen LogP contribution in [-0.4, -0.2) is 23.0 Å². The van der Waals surface area contributed by atoms with Gasteiger partial charge < -0.3 is 4.90 Å². The van der Waals surface area contributed by atoms with Crippen LogP contribution in [0.15, 0.2) is 30.3 Å². The first-order valence-electron chi connectivity index (χ1n) is 8.35. The highest BCUT2D eigenvalue weighted by atomic mass is 16.2. The van der Waals surface area contributed by atoms with E-state index in [2.05, 4.69) is 24.1 Å². The van der Waals surface area contributed by atoms with Crippen LogP contribution in [0.1, 0.15) is 57.6 Å². The van der Waals surface area contributed by atoms with Crippen molar-refractivity contribution in [2.24, 2.45) is 5.92 Å². The van der Waals surface area contributed by atoms with E-state index in [1.165, 1.54) is 25.7 Å². The summed E-state index contributed by atoms with van der Waals surface area (Å²) in [5, 5.41) is 3.49. The van der Waals surface area contributed by atoms with E-state index in [1.54, 1.807) is 0 Å². The molecule has 3 heteroatoms. The Morgan fingerprint density at radius 2 is 1.90 bits per heavy atom. The Morgan fingerprint density at radius 1 is 1.19 bits per heavy atom. The van der Waals surface area contributed by atoms with Gasteiger partial charge in [0.1, 0.15) is 6.04 Å². The van der Waals surface area contributed by atoms with Gasteiger partial charge in [-0.1, -0.05) is 56.5 Å². The monoisotopic (exact) mass is 286 g/mol. The lowest BCUT2D eigenvalue weighted by atomic mass is 9.81. The fourth-order valence-electron chi connectivity index (χ4n) is 4.10. The Labute approximate surface area is 127 Å². The van der Waals surface area contributed by atoms with E-state index >= 15 is 0 Å². The largest absolute Gasteiger partial charge is 0.323 e. The van der Waals surface area contributed by atoms with Crippen molar-refractivity contribution in [1.29, 1.82) is 0 Å². The molecule has 1 N–H and O–H groups in total. The van der Waals surface area contributed by atoms with Crippen molar-refractivity contribution < 1.29 is 4.79 Å². The lowest BCUT2D eigenvalue weighted by Crippen LogP contribution is -2.48. The van der Waals surface area contributed by atoms with Crippen molar-refractivity contribution in [1.82, 2.24) is 10.2 Å². The molecule has 0 spiro atoms. The van der Waals surface area contributed by atoms with Gasteiger partial charge in [-0.2, -0.15) is 0 Å². The summed E-state index contributed by atoms with van der Waals surface area (Å²) >= 11 is 0. The summed E-state index contributed by atoms with van der Waals surface area (Å²) in [5.41, 5.74) is 1.08. The molecule has 1 saturated carbocycles. The van der Waals surface area contributed by atoms with Crippen LogP contribution in [0.5, 0.6) is 0 Å². The summed E-state index contributed by atoms with van der Waals surface area (Å²) in [6, 6.07) is 10.4. The molecule has 21 heavy (non-hydrogen) atoms. The van der Waals surface area contributed by atoms with Crippen LogP contribution in [-0.2, 0) is 4.79 Å². The van der Waals surface area contributed by atoms with Gasteiger partial charge in [-0.25, -0.2) is 0 Å². The predicted molar refractivity (Wildman–Crippen MR) is 84.7 cm³/mol. The first-order chi connectivity index (χ1) is 10.2. The standard InChI is InChI=1S/C18H26N2O/c1-3-14-9-7-8-12-16(14)20-13(2)19-17(18(20)21)15-10-5-4-6-11-15/h4-6,10-11,13-14,16-17,19H,3,7-9,12H2,1-2H3. The molecule has 0 radical (unpaired) electrons. The third-order valence-electron chi connectivity index (χ3n) is 5.21. The SMILES string of the molecule is CCC1CCCCC1N1C(=O)C(c2ccccc2)NC1C. The maximum atomic E-state index is 12.9. The predicted octanol–water partition coefficient (Wildman–Crippen LogP) is 3.47. The van der Waals surface area contributed by atoms with Gasteiger partial charge in [0.05, 0.1) is 6.17 Å². The molecule has 1 aliphatic carbocycles. The molecular formula is C18H26N2O. The molecule has 1 aromatic rings. The van der Waals surface area contributed by atoms with E-state index in [0.717, 1.165) is 12.0 Å². The molecule has 3 rings (SSSR count). The van der Waals surface area contributed by atoms with E-state index in [-0.39, 0.29) is 18.1 Å². The smallest absolute Gasteiger partial charge is 0.245 e. The number of hydrogen-bond acceptors (Lipinski definition) is 2. The third kappa shape index (κ3) is 2.71. The molecule has 114 valence electrons. The van der Waals surface area contributed by atoms with Crippen molar-refractivity contribution in [2.45, 2.75) is 64.2 Å². The van der Waals surface area contributed by atoms with E-state index in [1.807, 2.05) is 30.3 Å². The summed E-state index contributed by atoms with van der Waals surface area (Å²) in [7, 11) is 0. The second kappa shape index (κ2) is 6.18. The van der Waals surface area contributed by atoms with Crippen LogP contribution in [0.3, 0.4) is 0 Å². The number of nitrogens with one attached hydrogen (secondary N) is 1. The second-order valence-electron chi connectivity index (χ2n) is 6.45. The molecule has 3 nitrogen and oxygen atoms in total. The van der Waals surface area contributed by atoms with Gasteiger partial charge >= 0.3 is 0 Å². The van der Waals surface area contributed by atoms with Crippen molar-refractivity contribution >= 4 is 5.91 Å². The summed E-state index contributed by atoms with van der Waals surface area (Å²) in [4.78, 5) is 15.1. The van der Waals surface area contributed by atoms with E-state index < -0.39 is 0 Å². The van der Waals surface area contributed by atoms with Crippen LogP contribution < -0.4 is 5.32 Å². The maximum absolute atomic E-state index is 12.9. The lowest BCUT2D eigenvalue weighted by molar-refractivity contribution is -0.134. The zero-order valence-corrected chi connectivity index (χ0v) is 13.1. The van der Waals surface area contributed by atoms with Gasteiger partial charge in [-0.3, -0.25) is 10.1 Å². The summed E-state index contributed by atoms with van der Waals surface area (Å²) in [5.74, 6) is 0.931. The highest BCUT2D eigenvalue weighted by Crippen LogP contribution is 2.35. The number of amides is 1. The number of hydrogen-bond donors (Lipinski definition) is 1. The highest BCUT2D eigenvalue weighted by Gasteiger charge is 2.43. The van der Waals surface area contributed by atoms with E-state index in [9.17, 15) is 4.79 Å². The highest BCUT2D eigenvalue weighted by molar-refractivity contribution is 5.86. The summed E-state index contributed by atoms with van der Waals surface area (Å²) < 4.78 is 0. The Morgan fingerprint density at radius 3 is 2.62 bits per heavy atom. The Hall–Kier alpha value is -1.35. The van der Waals surface area contributed by atoms with Crippen LogP contribution in [0.2, 0.25) is 0 Å². The zero-order chi connectivity index (χ0) is 14.8. The fourth-order valence-corrected chi connectivity index (χ4v) is 4.10. The number of nitrogens with zero attached hydrogens (tertiary/aromatic N) is 1. The van der Waals surface area contributed by atoms with Gasteiger partial charge in [0.15, 0.2) is 0 Å². The molecule has 1 heterocycles. The zero-order valence-electron chi connectivity index (χ0n) is 13.1. The minimum absolute atomic E-state index is 0.139. The number of rotatable bonds is 3. The summed E-state index contributed by atoms with van der Waals surface area (Å²) in [6.45, 7) is 4.39. The third-order valence-corrected chi connectivity index (χ3v) is 5.21. The van der Waals surface area contributed by atoms with Gasteiger partial charge in [0.2, 0.25) is 5.91 Å². The Balaban J connectivity index is 1.82. The maximum Gasteiger partial charge on any atom is 0.245 e. The number of carbonyl (C=O) groups is 1. The van der Waals surface area contributed by atoms with Crippen molar-refractivity contribution in [2.75, 3.05) is 0 Å². The average molecular weight is 286 g/mol. The van der Waals surface area contributed by atoms with Gasteiger partial charge in [-0.15, -0.1) is 0 Å². The Kier molecular flexibility index (Phi) is 4.29. The van der Waals surface area contributed by atoms with Gasteiger partial charge in [0.25, 0.3) is 0 Å². The van der Waals surface area contributed by atoms with Crippen molar-refractivity contribution in [3.05, 3.63) is 35.9 Å². The van der Waals surface area contributed by atoms with Crippen molar-refractivity contribution in [3.63, 3.8) is 0 Å². The Bertz CT molecular complexity index is 487. The molecule has 2 fully saturated rings. The van der Waals surface area contributed by atoms with Crippen LogP contribution in [0.4, 0.5) is 0 Å². The minimum Gasteiger partial charge on any atom is -0.323 e. The summed E-state index contributed by atoms with van der Waals surface area (Å²) in [6.07, 6.45) is 6.33. The normalized spacial score (nSPS) is 33.4. The number of carbonyl (C=O) groups excluding carboxylic acids is 1. The van der Waals surface area contributed by atoms with Crippen molar-refractivity contribution in [3.8, 4) is 0 Å². The molecule has 4 atom stereocenters. The van der Waals surface area contributed by atoms with Crippen LogP contribution in [0, 0.1) is 5.92 Å². The molecule has 4 unspecified atom stereocenters. The molecule has 1 aromatic carbocycles. The molecular weight excluding hydrogens is 260 g/mol. The molecule has 1 aliphatic heterocycles. The molecule has 2 aliphatic rings. The molecule has 0 bridgehead atoms. The molecule has 0 aromatic heterocycles. The van der Waals surface area contributed by atoms with E-state index in [4.69, 9.17) is 0 Å². The quantitative estimate of drug-likeness (QED) is 0.922. The van der Waals surface area contributed by atoms with Gasteiger partial charge in [0, 0.05) is 6.04 Å². The topological polar surface area (TPSA) is 32.3 Å². The van der Waals surface area contributed by atoms with Crippen LogP contribution >= 0.6 is 0 Å².